The van der Waals surface area contributed by atoms with Crippen LogP contribution in [0.3, 0.4) is 0 Å². The standard InChI is InChI=1S/C60H113NO3/c1-3-5-7-9-11-13-15-17-19-21-23-25-27-28-29-30-31-32-34-36-38-40-42-44-46-48-50-52-54-56-60(64)61-58(57-62)59(63)55-53-51-49-47-45-43-41-39-37-35-33-26-24-22-20-18-16-14-12-10-8-6-4-2/h28-29,37,39,45,47,53,55,58-59,62-63H,3-27,30-36,38,40-44,46,48-52,54,56-57H2,1-2H3,(H,61,64)/b29-28-,39-37+,47-45+,55-53+. The monoisotopic (exact) mass is 896 g/mol. The fourth-order valence-corrected chi connectivity index (χ4v) is 8.86. The lowest BCUT2D eigenvalue weighted by Gasteiger charge is -2.19. The lowest BCUT2D eigenvalue weighted by molar-refractivity contribution is -0.123. The second-order valence-electron chi connectivity index (χ2n) is 19.7. The van der Waals surface area contributed by atoms with Gasteiger partial charge in [0.2, 0.25) is 5.91 Å². The lowest BCUT2D eigenvalue weighted by atomic mass is 10.0. The molecule has 0 heterocycles. The van der Waals surface area contributed by atoms with Crippen molar-refractivity contribution in [2.24, 2.45) is 0 Å². The molecule has 0 aliphatic carbocycles. The number of aliphatic hydroxyl groups is 2. The molecule has 0 aliphatic rings. The SMILES string of the molecule is CCCCCCCCCCCCCC/C=C\CCCCCCCCCCCCCCCC(=O)NC(CO)C(O)/C=C/CC/C=C/CC/C=C/CCCCCCCCCCCCCCC. The molecule has 0 bridgehead atoms. The molecule has 3 N–H and O–H groups in total. The highest BCUT2D eigenvalue weighted by molar-refractivity contribution is 5.76. The van der Waals surface area contributed by atoms with Crippen molar-refractivity contribution in [2.75, 3.05) is 6.61 Å². The molecule has 0 saturated heterocycles. The van der Waals surface area contributed by atoms with E-state index in [0.717, 1.165) is 38.5 Å². The Labute approximate surface area is 401 Å². The molecule has 64 heavy (non-hydrogen) atoms. The number of nitrogens with one attached hydrogen (secondary N) is 1. The van der Waals surface area contributed by atoms with Gasteiger partial charge in [-0.1, -0.05) is 281 Å². The molecule has 0 aliphatic heterocycles. The lowest BCUT2D eigenvalue weighted by Crippen LogP contribution is -2.45. The number of carbonyl (C=O) groups is 1. The maximum Gasteiger partial charge on any atom is 0.220 e. The topological polar surface area (TPSA) is 69.6 Å². The number of hydrogen-bond donors (Lipinski definition) is 3. The molecule has 2 atom stereocenters. The minimum absolute atomic E-state index is 0.0747. The van der Waals surface area contributed by atoms with Crippen molar-refractivity contribution in [3.63, 3.8) is 0 Å². The van der Waals surface area contributed by atoms with Crippen LogP contribution in [0.1, 0.15) is 309 Å². The Kier molecular flexibility index (Phi) is 54.2. The van der Waals surface area contributed by atoms with E-state index >= 15 is 0 Å². The molecule has 1 amide bonds. The Morgan fingerprint density at radius 1 is 0.359 bits per heavy atom. The van der Waals surface area contributed by atoms with Crippen LogP contribution in [0.4, 0.5) is 0 Å². The average Bonchev–Trinajstić information content (AvgIpc) is 3.30. The fraction of sp³-hybridized carbons (Fsp3) is 0.850. The normalized spacial score (nSPS) is 13.1. The third kappa shape index (κ3) is 51.3. The third-order valence-electron chi connectivity index (χ3n) is 13.3. The van der Waals surface area contributed by atoms with E-state index in [-0.39, 0.29) is 12.5 Å². The van der Waals surface area contributed by atoms with Crippen LogP contribution in [0.15, 0.2) is 48.6 Å². The molecule has 0 spiro atoms. The smallest absolute Gasteiger partial charge is 0.220 e. The first-order valence-corrected chi connectivity index (χ1v) is 28.9. The summed E-state index contributed by atoms with van der Waals surface area (Å²) in [6.45, 7) is 4.32. The zero-order valence-electron chi connectivity index (χ0n) is 43.3. The summed E-state index contributed by atoms with van der Waals surface area (Å²) in [4.78, 5) is 12.5. The van der Waals surface area contributed by atoms with Crippen molar-refractivity contribution in [3.8, 4) is 0 Å². The van der Waals surface area contributed by atoms with Gasteiger partial charge in [-0.15, -0.1) is 0 Å². The molecular weight excluding hydrogens is 783 g/mol. The van der Waals surface area contributed by atoms with E-state index in [2.05, 4.69) is 55.6 Å². The molecule has 2 unspecified atom stereocenters. The molecule has 0 fully saturated rings. The van der Waals surface area contributed by atoms with Crippen molar-refractivity contribution in [1.82, 2.24) is 5.32 Å². The van der Waals surface area contributed by atoms with Crippen molar-refractivity contribution in [2.45, 2.75) is 321 Å². The van der Waals surface area contributed by atoms with Gasteiger partial charge in [-0.2, -0.15) is 0 Å². The molecule has 0 saturated carbocycles. The van der Waals surface area contributed by atoms with Crippen molar-refractivity contribution >= 4 is 5.91 Å². The van der Waals surface area contributed by atoms with Crippen LogP contribution >= 0.6 is 0 Å². The average molecular weight is 897 g/mol. The highest BCUT2D eigenvalue weighted by Gasteiger charge is 2.18. The Morgan fingerprint density at radius 2 is 0.609 bits per heavy atom. The minimum Gasteiger partial charge on any atom is -0.394 e. The first kappa shape index (κ1) is 62.4. The number of allylic oxidation sites excluding steroid dienone is 7. The summed E-state index contributed by atoms with van der Waals surface area (Å²) < 4.78 is 0. The van der Waals surface area contributed by atoms with Gasteiger partial charge in [0.1, 0.15) is 0 Å². The van der Waals surface area contributed by atoms with E-state index in [4.69, 9.17) is 0 Å². The van der Waals surface area contributed by atoms with Gasteiger partial charge in [0, 0.05) is 6.42 Å². The van der Waals surface area contributed by atoms with Gasteiger partial charge < -0.3 is 15.5 Å². The number of unbranched alkanes of at least 4 members (excludes halogenated alkanes) is 40. The predicted molar refractivity (Wildman–Crippen MR) is 285 cm³/mol. The molecule has 4 heteroatoms. The second-order valence-corrected chi connectivity index (χ2v) is 19.7. The summed E-state index contributed by atoms with van der Waals surface area (Å²) in [6.07, 6.45) is 77.1. The Hall–Kier alpha value is -1.65. The Morgan fingerprint density at radius 3 is 0.906 bits per heavy atom. The highest BCUT2D eigenvalue weighted by atomic mass is 16.3. The number of rotatable bonds is 53. The van der Waals surface area contributed by atoms with E-state index in [9.17, 15) is 15.0 Å². The zero-order chi connectivity index (χ0) is 46.3. The fourth-order valence-electron chi connectivity index (χ4n) is 8.86. The zero-order valence-corrected chi connectivity index (χ0v) is 43.3. The predicted octanol–water partition coefficient (Wildman–Crippen LogP) is 19.0. The molecule has 376 valence electrons. The summed E-state index contributed by atoms with van der Waals surface area (Å²) in [5.41, 5.74) is 0. The number of carbonyl (C=O) groups excluding carboxylic acids is 1. The number of amides is 1. The summed E-state index contributed by atoms with van der Waals surface area (Å²) in [5.74, 6) is -0.0747. The maximum absolute atomic E-state index is 12.5. The molecule has 0 rings (SSSR count). The largest absolute Gasteiger partial charge is 0.394 e. The van der Waals surface area contributed by atoms with Crippen LogP contribution in [0.2, 0.25) is 0 Å². The molecule has 4 nitrogen and oxygen atoms in total. The van der Waals surface area contributed by atoms with Gasteiger partial charge in [0.25, 0.3) is 0 Å². The van der Waals surface area contributed by atoms with Crippen LogP contribution < -0.4 is 5.32 Å². The molecular formula is C60H113NO3. The van der Waals surface area contributed by atoms with Crippen molar-refractivity contribution in [1.29, 1.82) is 0 Å². The van der Waals surface area contributed by atoms with Gasteiger partial charge in [-0.05, 0) is 70.6 Å². The van der Waals surface area contributed by atoms with Crippen LogP contribution in [-0.2, 0) is 4.79 Å². The van der Waals surface area contributed by atoms with E-state index in [1.54, 1.807) is 6.08 Å². The first-order valence-electron chi connectivity index (χ1n) is 28.9. The van der Waals surface area contributed by atoms with Crippen LogP contribution in [-0.4, -0.2) is 34.9 Å². The maximum atomic E-state index is 12.5. The van der Waals surface area contributed by atoms with Gasteiger partial charge >= 0.3 is 0 Å². The first-order chi connectivity index (χ1) is 31.7. The summed E-state index contributed by atoms with van der Waals surface area (Å²) in [7, 11) is 0. The van der Waals surface area contributed by atoms with Gasteiger partial charge in [-0.25, -0.2) is 0 Å². The van der Waals surface area contributed by atoms with Gasteiger partial charge in [-0.3, -0.25) is 4.79 Å². The molecule has 0 radical (unpaired) electrons. The van der Waals surface area contributed by atoms with Gasteiger partial charge in [0.05, 0.1) is 18.8 Å². The van der Waals surface area contributed by atoms with E-state index in [1.807, 2.05) is 6.08 Å². The van der Waals surface area contributed by atoms with E-state index in [0.29, 0.717) is 6.42 Å². The van der Waals surface area contributed by atoms with E-state index in [1.165, 1.54) is 250 Å². The Bertz CT molecular complexity index is 1020. The highest BCUT2D eigenvalue weighted by Crippen LogP contribution is 2.17. The van der Waals surface area contributed by atoms with Crippen LogP contribution in [0.25, 0.3) is 0 Å². The summed E-state index contributed by atoms with van der Waals surface area (Å²) in [6, 6.07) is -0.647. The second kappa shape index (κ2) is 55.7. The number of hydrogen-bond acceptors (Lipinski definition) is 3. The quantitative estimate of drug-likeness (QED) is 0.0421. The Balaban J connectivity index is 3.53. The number of aliphatic hydroxyl groups excluding tert-OH is 2. The van der Waals surface area contributed by atoms with Gasteiger partial charge in [0.15, 0.2) is 0 Å². The minimum atomic E-state index is -0.871. The van der Waals surface area contributed by atoms with Crippen LogP contribution in [0.5, 0.6) is 0 Å². The molecule has 0 aromatic rings. The van der Waals surface area contributed by atoms with E-state index < -0.39 is 12.1 Å². The summed E-state index contributed by atoms with van der Waals surface area (Å²) in [5, 5.41) is 23.1. The summed E-state index contributed by atoms with van der Waals surface area (Å²) >= 11 is 0. The molecule has 0 aromatic heterocycles. The van der Waals surface area contributed by atoms with Crippen molar-refractivity contribution < 1.29 is 15.0 Å². The molecule has 0 aromatic carbocycles. The van der Waals surface area contributed by atoms with Crippen LogP contribution in [0, 0.1) is 0 Å². The third-order valence-corrected chi connectivity index (χ3v) is 13.3. The van der Waals surface area contributed by atoms with Crippen molar-refractivity contribution in [3.05, 3.63) is 48.6 Å².